The van der Waals surface area contributed by atoms with Gasteiger partial charge in [-0.2, -0.15) is 4.68 Å². The maximum absolute atomic E-state index is 13.1. The Hall–Kier alpha value is -2.58. The largest absolute Gasteiger partial charge is 0.396 e. The molecule has 3 aromatic rings. The highest BCUT2D eigenvalue weighted by atomic mass is 32.1. The molecule has 2 atom stereocenters. The summed E-state index contributed by atoms with van der Waals surface area (Å²) in [5, 5.41) is 22.9. The normalized spacial score (nSPS) is 20.3. The van der Waals surface area contributed by atoms with E-state index in [0.717, 1.165) is 6.42 Å². The Bertz CT molecular complexity index is 865. The number of rotatable bonds is 4. The van der Waals surface area contributed by atoms with Gasteiger partial charge < -0.3 is 10.0 Å². The van der Waals surface area contributed by atoms with E-state index in [9.17, 15) is 9.90 Å². The Labute approximate surface area is 154 Å². The molecule has 1 aliphatic heterocycles. The minimum absolute atomic E-state index is 0.0320. The number of nitrogens with zero attached hydrogens (tertiary/aromatic N) is 5. The second kappa shape index (κ2) is 7.35. The Kier molecular flexibility index (Phi) is 4.77. The summed E-state index contributed by atoms with van der Waals surface area (Å²) in [7, 11) is 0. The van der Waals surface area contributed by atoms with Gasteiger partial charge in [-0.05, 0) is 39.8 Å². The summed E-state index contributed by atoms with van der Waals surface area (Å²) in [5.41, 5.74) is 1.92. The molecule has 26 heavy (non-hydrogen) atoms. The SMILES string of the molecule is O=C(c1sccc1-n1cnnn1)N1CC[C@@H](c2ccccc2)[C@@H](CO)C1. The van der Waals surface area contributed by atoms with Crippen molar-refractivity contribution in [1.29, 1.82) is 0 Å². The number of amides is 1. The summed E-state index contributed by atoms with van der Waals surface area (Å²) in [6.07, 6.45) is 2.32. The number of carbonyl (C=O) groups is 1. The van der Waals surface area contributed by atoms with Crippen molar-refractivity contribution in [2.45, 2.75) is 12.3 Å². The van der Waals surface area contributed by atoms with Crippen molar-refractivity contribution in [3.8, 4) is 5.69 Å². The molecule has 4 rings (SSSR count). The van der Waals surface area contributed by atoms with E-state index in [-0.39, 0.29) is 24.3 Å². The van der Waals surface area contributed by atoms with Crippen LogP contribution < -0.4 is 0 Å². The van der Waals surface area contributed by atoms with E-state index in [1.807, 2.05) is 34.5 Å². The molecule has 7 nitrogen and oxygen atoms in total. The van der Waals surface area contributed by atoms with Crippen molar-refractivity contribution < 1.29 is 9.90 Å². The van der Waals surface area contributed by atoms with E-state index < -0.39 is 0 Å². The molecule has 0 aliphatic carbocycles. The van der Waals surface area contributed by atoms with Crippen molar-refractivity contribution in [2.24, 2.45) is 5.92 Å². The average molecular weight is 369 g/mol. The van der Waals surface area contributed by atoms with Crippen LogP contribution in [-0.4, -0.2) is 55.8 Å². The van der Waals surface area contributed by atoms with Gasteiger partial charge in [-0.15, -0.1) is 16.4 Å². The predicted molar refractivity (Wildman–Crippen MR) is 97.3 cm³/mol. The fourth-order valence-corrected chi connectivity index (χ4v) is 4.44. The zero-order chi connectivity index (χ0) is 17.9. The zero-order valence-corrected chi connectivity index (χ0v) is 14.9. The molecule has 1 amide bonds. The number of hydrogen-bond donors (Lipinski definition) is 1. The monoisotopic (exact) mass is 369 g/mol. The highest BCUT2D eigenvalue weighted by molar-refractivity contribution is 7.12. The van der Waals surface area contributed by atoms with E-state index in [1.165, 1.54) is 27.9 Å². The maximum atomic E-state index is 13.1. The predicted octanol–water partition coefficient (Wildman–Crippen LogP) is 1.96. The van der Waals surface area contributed by atoms with Gasteiger partial charge in [0.15, 0.2) is 0 Å². The topological polar surface area (TPSA) is 84.1 Å². The number of carbonyl (C=O) groups excluding carboxylic acids is 1. The lowest BCUT2D eigenvalue weighted by Crippen LogP contribution is -2.44. The highest BCUT2D eigenvalue weighted by Gasteiger charge is 2.33. The van der Waals surface area contributed by atoms with Crippen LogP contribution >= 0.6 is 11.3 Å². The second-order valence-corrected chi connectivity index (χ2v) is 7.31. The number of likely N-dealkylation sites (tertiary alicyclic amines) is 1. The molecule has 0 saturated carbocycles. The summed E-state index contributed by atoms with van der Waals surface area (Å²) in [6.45, 7) is 1.28. The Morgan fingerprint density at radius 1 is 1.27 bits per heavy atom. The van der Waals surface area contributed by atoms with Crippen LogP contribution in [0.5, 0.6) is 0 Å². The third-order valence-electron chi connectivity index (χ3n) is 4.92. The number of aromatic nitrogens is 4. The third-order valence-corrected chi connectivity index (χ3v) is 5.81. The van der Waals surface area contributed by atoms with Gasteiger partial charge in [0.1, 0.15) is 11.2 Å². The molecule has 0 unspecified atom stereocenters. The number of tetrazole rings is 1. The molecular weight excluding hydrogens is 350 g/mol. The van der Waals surface area contributed by atoms with E-state index in [2.05, 4.69) is 27.7 Å². The molecule has 0 spiro atoms. The van der Waals surface area contributed by atoms with Crippen LogP contribution in [0.1, 0.15) is 27.6 Å². The molecule has 1 aromatic carbocycles. The van der Waals surface area contributed by atoms with Gasteiger partial charge >= 0.3 is 0 Å². The lowest BCUT2D eigenvalue weighted by atomic mass is 9.81. The lowest BCUT2D eigenvalue weighted by molar-refractivity contribution is 0.0582. The molecule has 8 heteroatoms. The standard InChI is InChI=1S/C18H19N5O2S/c24-11-14-10-22(8-6-15(14)13-4-2-1-3-5-13)18(25)17-16(7-9-26-17)23-12-19-20-21-23/h1-5,7,9,12,14-15,24H,6,8,10-11H2/t14-,15+/m1/s1. The van der Waals surface area contributed by atoms with Gasteiger partial charge in [0.2, 0.25) is 0 Å². The number of hydrogen-bond acceptors (Lipinski definition) is 6. The molecule has 1 N–H and O–H groups in total. The summed E-state index contributed by atoms with van der Waals surface area (Å²) in [6, 6.07) is 12.1. The van der Waals surface area contributed by atoms with Gasteiger partial charge in [0.25, 0.3) is 5.91 Å². The Morgan fingerprint density at radius 2 is 2.12 bits per heavy atom. The summed E-state index contributed by atoms with van der Waals surface area (Å²) in [4.78, 5) is 15.5. The van der Waals surface area contributed by atoms with Crippen molar-refractivity contribution in [3.05, 3.63) is 58.5 Å². The fourth-order valence-electron chi connectivity index (χ4n) is 3.60. The van der Waals surface area contributed by atoms with E-state index in [0.29, 0.717) is 23.7 Å². The van der Waals surface area contributed by atoms with Crippen LogP contribution in [0.4, 0.5) is 0 Å². The van der Waals surface area contributed by atoms with Crippen LogP contribution in [0.2, 0.25) is 0 Å². The second-order valence-electron chi connectivity index (χ2n) is 6.39. The Balaban J connectivity index is 1.53. The molecular formula is C18H19N5O2S. The number of thiophene rings is 1. The average Bonchev–Trinajstić information content (AvgIpc) is 3.39. The highest BCUT2D eigenvalue weighted by Crippen LogP contribution is 2.34. The molecule has 2 aromatic heterocycles. The summed E-state index contributed by atoms with van der Waals surface area (Å²) >= 11 is 1.39. The first kappa shape index (κ1) is 16.9. The third kappa shape index (κ3) is 3.13. The van der Waals surface area contributed by atoms with Crippen LogP contribution in [0.25, 0.3) is 5.69 Å². The van der Waals surface area contributed by atoms with Gasteiger partial charge in [-0.25, -0.2) is 0 Å². The molecule has 3 heterocycles. The van der Waals surface area contributed by atoms with E-state index >= 15 is 0 Å². The van der Waals surface area contributed by atoms with E-state index in [1.54, 1.807) is 0 Å². The minimum atomic E-state index is -0.0320. The lowest BCUT2D eigenvalue weighted by Gasteiger charge is -2.38. The Morgan fingerprint density at radius 3 is 2.85 bits per heavy atom. The first-order valence-electron chi connectivity index (χ1n) is 8.54. The van der Waals surface area contributed by atoms with Crippen LogP contribution in [-0.2, 0) is 0 Å². The van der Waals surface area contributed by atoms with E-state index in [4.69, 9.17) is 0 Å². The molecule has 0 radical (unpaired) electrons. The first-order valence-corrected chi connectivity index (χ1v) is 9.42. The zero-order valence-electron chi connectivity index (χ0n) is 14.1. The minimum Gasteiger partial charge on any atom is -0.396 e. The van der Waals surface area contributed by atoms with Gasteiger partial charge in [-0.1, -0.05) is 30.3 Å². The first-order chi connectivity index (χ1) is 12.8. The molecule has 134 valence electrons. The van der Waals surface area contributed by atoms with Gasteiger partial charge in [-0.3, -0.25) is 4.79 Å². The van der Waals surface area contributed by atoms with Gasteiger partial charge in [0.05, 0.1) is 5.69 Å². The number of benzene rings is 1. The van der Waals surface area contributed by atoms with Crippen molar-refractivity contribution >= 4 is 17.2 Å². The van der Waals surface area contributed by atoms with Crippen molar-refractivity contribution in [1.82, 2.24) is 25.1 Å². The van der Waals surface area contributed by atoms with Crippen molar-refractivity contribution in [2.75, 3.05) is 19.7 Å². The molecule has 1 fully saturated rings. The van der Waals surface area contributed by atoms with Crippen LogP contribution in [0, 0.1) is 5.92 Å². The number of aliphatic hydroxyl groups excluding tert-OH is 1. The fraction of sp³-hybridized carbons (Fsp3) is 0.333. The van der Waals surface area contributed by atoms with Gasteiger partial charge in [0, 0.05) is 25.6 Å². The van der Waals surface area contributed by atoms with Crippen LogP contribution in [0.3, 0.4) is 0 Å². The quantitative estimate of drug-likeness (QED) is 0.760. The number of piperidine rings is 1. The number of aliphatic hydroxyl groups is 1. The maximum Gasteiger partial charge on any atom is 0.266 e. The smallest absolute Gasteiger partial charge is 0.266 e. The van der Waals surface area contributed by atoms with Crippen molar-refractivity contribution in [3.63, 3.8) is 0 Å². The van der Waals surface area contributed by atoms with Crippen LogP contribution in [0.15, 0.2) is 48.1 Å². The molecule has 0 bridgehead atoms. The molecule has 1 aliphatic rings. The summed E-state index contributed by atoms with van der Waals surface area (Å²) in [5.74, 6) is 0.273. The summed E-state index contributed by atoms with van der Waals surface area (Å²) < 4.78 is 1.50. The molecule has 1 saturated heterocycles.